The smallest absolute Gasteiger partial charge is 0.222 e. The molecule has 1 saturated heterocycles. The van der Waals surface area contributed by atoms with E-state index in [1.54, 1.807) is 0 Å². The van der Waals surface area contributed by atoms with Gasteiger partial charge in [0.25, 0.3) is 0 Å². The number of nitrogens with zero attached hydrogens (tertiary/aromatic N) is 1. The first kappa shape index (κ1) is 15.5. The Morgan fingerprint density at radius 2 is 2.35 bits per heavy atom. The Hall–Kier alpha value is -0.870. The molecular weight excluding hydrogens is 268 g/mol. The molecule has 1 amide bonds. The van der Waals surface area contributed by atoms with Gasteiger partial charge in [-0.25, -0.2) is 0 Å². The number of piperidine rings is 1. The van der Waals surface area contributed by atoms with Crippen molar-refractivity contribution >= 4 is 17.2 Å². The van der Waals surface area contributed by atoms with Crippen molar-refractivity contribution in [2.45, 2.75) is 39.0 Å². The van der Waals surface area contributed by atoms with Gasteiger partial charge in [0, 0.05) is 29.3 Å². The number of carbonyl (C=O) groups is 1. The zero-order chi connectivity index (χ0) is 14.4. The van der Waals surface area contributed by atoms with Gasteiger partial charge >= 0.3 is 0 Å². The van der Waals surface area contributed by atoms with E-state index in [0.29, 0.717) is 18.2 Å². The van der Waals surface area contributed by atoms with E-state index in [0.717, 1.165) is 38.9 Å². The van der Waals surface area contributed by atoms with Crippen molar-refractivity contribution in [1.82, 2.24) is 10.2 Å². The van der Waals surface area contributed by atoms with Gasteiger partial charge in [-0.05, 0) is 64.3 Å². The molecule has 0 spiro atoms. The lowest BCUT2D eigenvalue weighted by Crippen LogP contribution is -2.42. The van der Waals surface area contributed by atoms with Crippen LogP contribution in [-0.4, -0.2) is 37.5 Å². The fourth-order valence-electron chi connectivity index (χ4n) is 2.94. The minimum atomic E-state index is 0.346. The molecule has 1 aliphatic rings. The van der Waals surface area contributed by atoms with Crippen LogP contribution in [0.5, 0.6) is 0 Å². The van der Waals surface area contributed by atoms with E-state index in [1.165, 1.54) is 16.2 Å². The van der Waals surface area contributed by atoms with Crippen molar-refractivity contribution in [1.29, 1.82) is 0 Å². The summed E-state index contributed by atoms with van der Waals surface area (Å²) in [6, 6.07) is 4.35. The van der Waals surface area contributed by atoms with Gasteiger partial charge in [-0.1, -0.05) is 0 Å². The number of thiophene rings is 1. The van der Waals surface area contributed by atoms with E-state index in [2.05, 4.69) is 29.3 Å². The fourth-order valence-corrected chi connectivity index (χ4v) is 3.87. The van der Waals surface area contributed by atoms with Crippen LogP contribution in [0.1, 0.15) is 35.4 Å². The summed E-state index contributed by atoms with van der Waals surface area (Å²) in [5, 5.41) is 3.23. The molecule has 2 rings (SSSR count). The van der Waals surface area contributed by atoms with Gasteiger partial charge in [0.1, 0.15) is 0 Å². The SMILES string of the molecule is CNCC1CCCN(C(=O)CCCc2ccc(C)s2)C1. The Morgan fingerprint density at radius 1 is 1.50 bits per heavy atom. The number of likely N-dealkylation sites (tertiary alicyclic amines) is 1. The molecule has 0 aromatic carbocycles. The van der Waals surface area contributed by atoms with Gasteiger partial charge in [0.2, 0.25) is 5.91 Å². The second-order valence-electron chi connectivity index (χ2n) is 5.77. The zero-order valence-corrected chi connectivity index (χ0v) is 13.5. The summed E-state index contributed by atoms with van der Waals surface area (Å²) in [6.45, 7) is 5.06. The van der Waals surface area contributed by atoms with E-state index in [4.69, 9.17) is 0 Å². The van der Waals surface area contributed by atoms with Crippen LogP contribution in [0.3, 0.4) is 0 Å². The molecule has 1 N–H and O–H groups in total. The van der Waals surface area contributed by atoms with E-state index in [-0.39, 0.29) is 0 Å². The number of rotatable bonds is 6. The molecule has 0 radical (unpaired) electrons. The summed E-state index contributed by atoms with van der Waals surface area (Å²) in [7, 11) is 1.99. The standard InChI is InChI=1S/C16H26N2OS/c1-13-8-9-15(20-13)6-3-7-16(19)18-10-4-5-14(12-18)11-17-2/h8-9,14,17H,3-7,10-12H2,1-2H3. The van der Waals surface area contributed by atoms with Crippen molar-refractivity contribution < 1.29 is 4.79 Å². The van der Waals surface area contributed by atoms with Crippen LogP contribution in [-0.2, 0) is 11.2 Å². The summed E-state index contributed by atoms with van der Waals surface area (Å²) >= 11 is 1.85. The number of carbonyl (C=O) groups excluding carboxylic acids is 1. The monoisotopic (exact) mass is 294 g/mol. The summed E-state index contributed by atoms with van der Waals surface area (Å²) in [6.07, 6.45) is 5.12. The highest BCUT2D eigenvalue weighted by molar-refractivity contribution is 7.11. The van der Waals surface area contributed by atoms with Gasteiger partial charge in [-0.2, -0.15) is 0 Å². The molecule has 1 aromatic heterocycles. The Morgan fingerprint density at radius 3 is 3.05 bits per heavy atom. The van der Waals surface area contributed by atoms with Crippen LogP contribution in [0.2, 0.25) is 0 Å². The molecule has 4 heteroatoms. The first-order chi connectivity index (χ1) is 9.69. The third-order valence-corrected chi connectivity index (χ3v) is 5.03. The summed E-state index contributed by atoms with van der Waals surface area (Å²) in [4.78, 5) is 17.1. The van der Waals surface area contributed by atoms with Crippen LogP contribution in [0.25, 0.3) is 0 Å². The molecule has 1 atom stereocenters. The van der Waals surface area contributed by atoms with E-state index >= 15 is 0 Å². The summed E-state index contributed by atoms with van der Waals surface area (Å²) in [5.41, 5.74) is 0. The number of hydrogen-bond acceptors (Lipinski definition) is 3. The highest BCUT2D eigenvalue weighted by Gasteiger charge is 2.22. The first-order valence-corrected chi connectivity index (χ1v) is 8.48. The van der Waals surface area contributed by atoms with Gasteiger partial charge < -0.3 is 10.2 Å². The van der Waals surface area contributed by atoms with Crippen molar-refractivity contribution in [2.75, 3.05) is 26.7 Å². The quantitative estimate of drug-likeness (QED) is 0.875. The predicted octanol–water partition coefficient (Wildman–Crippen LogP) is 2.84. The van der Waals surface area contributed by atoms with Gasteiger partial charge in [-0.15, -0.1) is 11.3 Å². The molecule has 1 aliphatic heterocycles. The third kappa shape index (κ3) is 4.60. The van der Waals surface area contributed by atoms with Gasteiger partial charge in [0.15, 0.2) is 0 Å². The van der Waals surface area contributed by atoms with Crippen LogP contribution in [0, 0.1) is 12.8 Å². The first-order valence-electron chi connectivity index (χ1n) is 7.66. The lowest BCUT2D eigenvalue weighted by molar-refractivity contribution is -0.133. The minimum Gasteiger partial charge on any atom is -0.342 e. The number of amides is 1. The maximum Gasteiger partial charge on any atom is 0.222 e. The average Bonchev–Trinajstić information content (AvgIpc) is 2.85. The molecule has 0 saturated carbocycles. The van der Waals surface area contributed by atoms with E-state index in [1.807, 2.05) is 18.4 Å². The fraction of sp³-hybridized carbons (Fsp3) is 0.688. The largest absolute Gasteiger partial charge is 0.342 e. The predicted molar refractivity (Wildman–Crippen MR) is 85.2 cm³/mol. The highest BCUT2D eigenvalue weighted by atomic mass is 32.1. The number of aryl methyl sites for hydroxylation is 2. The molecule has 0 bridgehead atoms. The number of hydrogen-bond donors (Lipinski definition) is 1. The molecule has 1 aromatic rings. The Labute approximate surface area is 126 Å². The van der Waals surface area contributed by atoms with E-state index in [9.17, 15) is 4.79 Å². The van der Waals surface area contributed by atoms with E-state index < -0.39 is 0 Å². The Kier molecular flexibility index (Phi) is 6.05. The molecule has 2 heterocycles. The van der Waals surface area contributed by atoms with Crippen LogP contribution in [0.15, 0.2) is 12.1 Å². The third-order valence-electron chi connectivity index (χ3n) is 3.97. The molecular formula is C16H26N2OS. The van der Waals surface area contributed by atoms with Crippen LogP contribution >= 0.6 is 11.3 Å². The van der Waals surface area contributed by atoms with Gasteiger partial charge in [0.05, 0.1) is 0 Å². The molecule has 20 heavy (non-hydrogen) atoms. The second kappa shape index (κ2) is 7.79. The topological polar surface area (TPSA) is 32.3 Å². The van der Waals surface area contributed by atoms with Crippen molar-refractivity contribution in [3.05, 3.63) is 21.9 Å². The zero-order valence-electron chi connectivity index (χ0n) is 12.7. The van der Waals surface area contributed by atoms with Crippen molar-refractivity contribution in [3.63, 3.8) is 0 Å². The Bertz CT molecular complexity index is 428. The lowest BCUT2D eigenvalue weighted by atomic mass is 9.97. The second-order valence-corrected chi connectivity index (χ2v) is 7.14. The maximum atomic E-state index is 12.3. The highest BCUT2D eigenvalue weighted by Crippen LogP contribution is 2.19. The minimum absolute atomic E-state index is 0.346. The summed E-state index contributed by atoms with van der Waals surface area (Å²) < 4.78 is 0. The maximum absolute atomic E-state index is 12.3. The Balaban J connectivity index is 1.71. The molecule has 0 aliphatic carbocycles. The van der Waals surface area contributed by atoms with Crippen LogP contribution < -0.4 is 5.32 Å². The average molecular weight is 294 g/mol. The van der Waals surface area contributed by atoms with Crippen molar-refractivity contribution in [3.8, 4) is 0 Å². The molecule has 112 valence electrons. The lowest BCUT2D eigenvalue weighted by Gasteiger charge is -2.32. The number of nitrogens with one attached hydrogen (secondary N) is 1. The summed E-state index contributed by atoms with van der Waals surface area (Å²) in [5.74, 6) is 0.983. The van der Waals surface area contributed by atoms with Crippen molar-refractivity contribution in [2.24, 2.45) is 5.92 Å². The molecule has 1 fully saturated rings. The van der Waals surface area contributed by atoms with Crippen LogP contribution in [0.4, 0.5) is 0 Å². The normalized spacial score (nSPS) is 19.3. The molecule has 1 unspecified atom stereocenters. The van der Waals surface area contributed by atoms with Gasteiger partial charge in [-0.3, -0.25) is 4.79 Å². The molecule has 3 nitrogen and oxygen atoms in total.